The predicted octanol–water partition coefficient (Wildman–Crippen LogP) is 2.60. The lowest BCUT2D eigenvalue weighted by molar-refractivity contribution is -0.111. The number of amides is 1. The first-order valence-electron chi connectivity index (χ1n) is 8.60. The van der Waals surface area contributed by atoms with Gasteiger partial charge in [-0.1, -0.05) is 6.58 Å². The molecule has 2 fully saturated rings. The van der Waals surface area contributed by atoms with Crippen molar-refractivity contribution in [1.29, 1.82) is 0 Å². The van der Waals surface area contributed by atoms with Gasteiger partial charge in [0.15, 0.2) is 0 Å². The number of piperidine rings is 1. The first-order chi connectivity index (χ1) is 11.6. The highest BCUT2D eigenvalue weighted by atomic mass is 19.1. The van der Waals surface area contributed by atoms with E-state index in [4.69, 9.17) is 5.73 Å². The largest absolute Gasteiger partial charge is 0.397 e. The summed E-state index contributed by atoms with van der Waals surface area (Å²) in [5.41, 5.74) is 6.97. The lowest BCUT2D eigenvalue weighted by Crippen LogP contribution is -2.44. The van der Waals surface area contributed by atoms with Crippen molar-refractivity contribution in [3.05, 3.63) is 30.6 Å². The number of rotatable bonds is 4. The summed E-state index contributed by atoms with van der Waals surface area (Å²) < 4.78 is 14.4. The van der Waals surface area contributed by atoms with Crippen molar-refractivity contribution in [2.24, 2.45) is 0 Å². The minimum atomic E-state index is -0.355. The summed E-state index contributed by atoms with van der Waals surface area (Å²) in [6.07, 6.45) is 5.83. The summed E-state index contributed by atoms with van der Waals surface area (Å²) >= 11 is 0. The van der Waals surface area contributed by atoms with Crippen LogP contribution in [-0.4, -0.2) is 43.0 Å². The van der Waals surface area contributed by atoms with E-state index in [1.807, 2.05) is 4.90 Å². The maximum atomic E-state index is 14.4. The Morgan fingerprint density at radius 3 is 2.54 bits per heavy atom. The molecule has 0 saturated carbocycles. The Labute approximate surface area is 142 Å². The molecule has 2 aliphatic rings. The maximum absolute atomic E-state index is 14.4. The van der Waals surface area contributed by atoms with Crippen LogP contribution in [0.2, 0.25) is 0 Å². The maximum Gasteiger partial charge on any atom is 0.247 e. The minimum Gasteiger partial charge on any atom is -0.397 e. The van der Waals surface area contributed by atoms with E-state index in [2.05, 4.69) is 16.8 Å². The van der Waals surface area contributed by atoms with E-state index in [0.29, 0.717) is 17.4 Å². The second kappa shape index (κ2) is 7.21. The van der Waals surface area contributed by atoms with Gasteiger partial charge in [-0.3, -0.25) is 4.79 Å². The molecule has 1 amide bonds. The highest BCUT2D eigenvalue weighted by Crippen LogP contribution is 2.32. The molecular weight excluding hydrogens is 307 g/mol. The topological polar surface area (TPSA) is 61.6 Å². The molecular formula is C18H25FN4O. The lowest BCUT2D eigenvalue weighted by Gasteiger charge is -2.38. The summed E-state index contributed by atoms with van der Waals surface area (Å²) in [7, 11) is 0. The summed E-state index contributed by atoms with van der Waals surface area (Å²) in [5.74, 6) is -0.698. The number of carbonyl (C=O) groups is 1. The van der Waals surface area contributed by atoms with Crippen LogP contribution in [0.3, 0.4) is 0 Å². The molecule has 0 spiro atoms. The second-order valence-corrected chi connectivity index (χ2v) is 6.55. The van der Waals surface area contributed by atoms with E-state index in [1.165, 1.54) is 38.1 Å². The van der Waals surface area contributed by atoms with Gasteiger partial charge < -0.3 is 20.9 Å². The third kappa shape index (κ3) is 3.53. The van der Waals surface area contributed by atoms with Crippen molar-refractivity contribution in [3.63, 3.8) is 0 Å². The number of anilines is 3. The smallest absolute Gasteiger partial charge is 0.247 e. The van der Waals surface area contributed by atoms with Gasteiger partial charge in [-0.15, -0.1) is 0 Å². The van der Waals surface area contributed by atoms with Gasteiger partial charge >= 0.3 is 0 Å². The SMILES string of the molecule is C=CC(=O)Nc1cc(N2CCC(N3CCCC3)CC2)c(F)cc1N. The normalized spacial score (nSPS) is 19.5. The summed E-state index contributed by atoms with van der Waals surface area (Å²) in [4.78, 5) is 16.1. The third-order valence-corrected chi connectivity index (χ3v) is 5.02. The number of nitrogen functional groups attached to an aromatic ring is 1. The van der Waals surface area contributed by atoms with Crippen molar-refractivity contribution in [2.45, 2.75) is 31.7 Å². The Morgan fingerprint density at radius 2 is 1.92 bits per heavy atom. The third-order valence-electron chi connectivity index (χ3n) is 5.02. The number of halogens is 1. The van der Waals surface area contributed by atoms with Crippen LogP contribution in [-0.2, 0) is 4.79 Å². The van der Waals surface area contributed by atoms with Gasteiger partial charge in [-0.25, -0.2) is 4.39 Å². The molecule has 3 rings (SSSR count). The Balaban J connectivity index is 1.71. The average Bonchev–Trinajstić information content (AvgIpc) is 3.12. The molecule has 6 heteroatoms. The number of hydrogen-bond donors (Lipinski definition) is 2. The molecule has 0 bridgehead atoms. The molecule has 0 aliphatic carbocycles. The number of likely N-dealkylation sites (tertiary alicyclic amines) is 1. The molecule has 24 heavy (non-hydrogen) atoms. The number of hydrogen-bond acceptors (Lipinski definition) is 4. The highest BCUT2D eigenvalue weighted by molar-refractivity contribution is 6.01. The zero-order valence-corrected chi connectivity index (χ0v) is 13.9. The summed E-state index contributed by atoms with van der Waals surface area (Å²) in [6, 6.07) is 3.52. The second-order valence-electron chi connectivity index (χ2n) is 6.55. The number of carbonyl (C=O) groups excluding carboxylic acids is 1. The van der Waals surface area contributed by atoms with Crippen molar-refractivity contribution in [1.82, 2.24) is 4.90 Å². The number of nitrogens with zero attached hydrogens (tertiary/aromatic N) is 2. The summed E-state index contributed by atoms with van der Waals surface area (Å²) in [5, 5.41) is 2.64. The molecule has 0 unspecified atom stereocenters. The molecule has 0 aromatic heterocycles. The fourth-order valence-corrected chi connectivity index (χ4v) is 3.69. The highest BCUT2D eigenvalue weighted by Gasteiger charge is 2.27. The standard InChI is InChI=1S/C18H25FN4O/c1-2-18(24)21-16-12-17(14(19)11-15(16)20)23-9-5-13(6-10-23)22-7-3-4-8-22/h2,11-13H,1,3-10,20H2,(H,21,24). The molecule has 1 aromatic carbocycles. The van der Waals surface area contributed by atoms with Crippen molar-refractivity contribution in [2.75, 3.05) is 42.1 Å². The van der Waals surface area contributed by atoms with Crippen LogP contribution < -0.4 is 16.0 Å². The number of nitrogens with one attached hydrogen (secondary N) is 1. The van der Waals surface area contributed by atoms with E-state index in [0.717, 1.165) is 25.9 Å². The van der Waals surface area contributed by atoms with Crippen LogP contribution in [0.1, 0.15) is 25.7 Å². The van der Waals surface area contributed by atoms with E-state index in [1.54, 1.807) is 6.07 Å². The molecule has 2 aliphatic heterocycles. The predicted molar refractivity (Wildman–Crippen MR) is 95.7 cm³/mol. The van der Waals surface area contributed by atoms with Crippen LogP contribution in [0.5, 0.6) is 0 Å². The molecule has 2 saturated heterocycles. The van der Waals surface area contributed by atoms with Crippen LogP contribution in [0.25, 0.3) is 0 Å². The van der Waals surface area contributed by atoms with Crippen LogP contribution in [0, 0.1) is 5.82 Å². The van der Waals surface area contributed by atoms with Gasteiger partial charge in [-0.05, 0) is 50.9 Å². The minimum absolute atomic E-state index is 0.221. The van der Waals surface area contributed by atoms with Crippen molar-refractivity contribution >= 4 is 23.0 Å². The van der Waals surface area contributed by atoms with E-state index >= 15 is 0 Å². The van der Waals surface area contributed by atoms with E-state index in [9.17, 15) is 9.18 Å². The quantitative estimate of drug-likeness (QED) is 0.657. The Kier molecular flexibility index (Phi) is 5.04. The first kappa shape index (κ1) is 16.8. The molecule has 130 valence electrons. The Hall–Kier alpha value is -2.08. The number of benzene rings is 1. The van der Waals surface area contributed by atoms with Gasteiger partial charge in [0.25, 0.3) is 0 Å². The molecule has 2 heterocycles. The Morgan fingerprint density at radius 1 is 1.25 bits per heavy atom. The van der Waals surface area contributed by atoms with Gasteiger partial charge in [0.05, 0.1) is 17.1 Å². The molecule has 0 radical (unpaired) electrons. The fourth-order valence-electron chi connectivity index (χ4n) is 3.69. The van der Waals surface area contributed by atoms with Gasteiger partial charge in [0.1, 0.15) is 5.82 Å². The zero-order chi connectivity index (χ0) is 17.1. The van der Waals surface area contributed by atoms with Crippen LogP contribution >= 0.6 is 0 Å². The number of nitrogens with two attached hydrogens (primary N) is 1. The zero-order valence-electron chi connectivity index (χ0n) is 13.9. The van der Waals surface area contributed by atoms with E-state index < -0.39 is 0 Å². The van der Waals surface area contributed by atoms with Gasteiger partial charge in [0, 0.05) is 25.2 Å². The monoisotopic (exact) mass is 332 g/mol. The summed E-state index contributed by atoms with van der Waals surface area (Å²) in [6.45, 7) is 7.44. The van der Waals surface area contributed by atoms with Gasteiger partial charge in [0.2, 0.25) is 5.91 Å². The van der Waals surface area contributed by atoms with Crippen molar-refractivity contribution in [3.8, 4) is 0 Å². The van der Waals surface area contributed by atoms with Crippen molar-refractivity contribution < 1.29 is 9.18 Å². The van der Waals surface area contributed by atoms with Crippen LogP contribution in [0.4, 0.5) is 21.5 Å². The van der Waals surface area contributed by atoms with Crippen LogP contribution in [0.15, 0.2) is 24.8 Å². The van der Waals surface area contributed by atoms with Gasteiger partial charge in [-0.2, -0.15) is 0 Å². The molecule has 3 N–H and O–H groups in total. The molecule has 1 aromatic rings. The fraction of sp³-hybridized carbons (Fsp3) is 0.500. The molecule has 5 nitrogen and oxygen atoms in total. The Bertz CT molecular complexity index is 620. The van der Waals surface area contributed by atoms with E-state index in [-0.39, 0.29) is 17.4 Å². The average molecular weight is 332 g/mol. The lowest BCUT2D eigenvalue weighted by atomic mass is 10.0. The molecule has 0 atom stereocenters. The first-order valence-corrected chi connectivity index (χ1v) is 8.60.